The van der Waals surface area contributed by atoms with Crippen molar-refractivity contribution in [2.75, 3.05) is 0 Å². The molecule has 0 aromatic carbocycles. The van der Waals surface area contributed by atoms with Crippen LogP contribution in [0, 0.1) is 0 Å². The van der Waals surface area contributed by atoms with Gasteiger partial charge in [-0.25, -0.2) is 0 Å². The zero-order valence-electron chi connectivity index (χ0n) is 28.0. The van der Waals surface area contributed by atoms with Crippen LogP contribution >= 0.6 is 46.0 Å². The largest absolute Gasteiger partial charge is 0.351 e. The molecule has 0 fully saturated rings. The predicted octanol–water partition coefficient (Wildman–Crippen LogP) is 13.0. The Kier molecular flexibility index (Phi) is 27.4. The summed E-state index contributed by atoms with van der Waals surface area (Å²) in [4.78, 5) is 5.34. The van der Waals surface area contributed by atoms with Crippen LogP contribution in [0.5, 0.6) is 0 Å². The maximum Gasteiger partial charge on any atom is 0.147 e. The van der Waals surface area contributed by atoms with Crippen molar-refractivity contribution in [3.63, 3.8) is 0 Å². The average molecular weight is 633 g/mol. The quantitative estimate of drug-likeness (QED) is 0.0589. The highest BCUT2D eigenvalue weighted by molar-refractivity contribution is 8.89. The van der Waals surface area contributed by atoms with Gasteiger partial charge in [-0.15, -0.1) is 0 Å². The van der Waals surface area contributed by atoms with Gasteiger partial charge >= 0.3 is 0 Å². The van der Waals surface area contributed by atoms with Crippen molar-refractivity contribution in [1.82, 2.24) is 9.80 Å². The number of hydrogen-bond donors (Lipinski definition) is 0. The molecule has 4 atom stereocenters. The standard InChI is InChI=1S/C34H68N2S4/c1-9-17-21-25-29(13-5)35(30(14-6)26-22-18-10-2)33(37)39-40-34(38)36(31(15-7)27-23-19-11-3)32(16-8)28-24-20-12-4/h29-32H,9-28H2,1-8H3. The van der Waals surface area contributed by atoms with Gasteiger partial charge in [0.05, 0.1) is 0 Å². The molecule has 0 saturated heterocycles. The fourth-order valence-electron chi connectivity index (χ4n) is 6.03. The molecule has 238 valence electrons. The molecule has 0 N–H and O–H groups in total. The first-order valence-electron chi connectivity index (χ1n) is 17.4. The molecule has 40 heavy (non-hydrogen) atoms. The molecule has 0 aliphatic carbocycles. The molecule has 0 aromatic rings. The van der Waals surface area contributed by atoms with Crippen LogP contribution in [0.4, 0.5) is 0 Å². The van der Waals surface area contributed by atoms with Crippen molar-refractivity contribution in [3.05, 3.63) is 0 Å². The Morgan fingerprint density at radius 2 is 0.650 bits per heavy atom. The SMILES string of the molecule is CCCCCC(CC)N(C(=S)SSC(=S)N(C(CC)CCCCC)C(CC)CCCCC)C(CC)CCCCC. The van der Waals surface area contributed by atoms with Crippen LogP contribution in [-0.4, -0.2) is 42.6 Å². The van der Waals surface area contributed by atoms with Crippen molar-refractivity contribution in [3.8, 4) is 0 Å². The third-order valence-electron chi connectivity index (χ3n) is 8.63. The molecule has 4 unspecified atom stereocenters. The van der Waals surface area contributed by atoms with E-state index in [-0.39, 0.29) is 0 Å². The molecule has 0 radical (unpaired) electrons. The van der Waals surface area contributed by atoms with Crippen LogP contribution in [0.3, 0.4) is 0 Å². The lowest BCUT2D eigenvalue weighted by molar-refractivity contribution is 0.204. The van der Waals surface area contributed by atoms with E-state index in [1.165, 1.54) is 128 Å². The van der Waals surface area contributed by atoms with Crippen LogP contribution in [0.15, 0.2) is 0 Å². The second-order valence-corrected chi connectivity index (χ2v) is 15.1. The van der Waals surface area contributed by atoms with Gasteiger partial charge in [0.2, 0.25) is 0 Å². The van der Waals surface area contributed by atoms with Crippen molar-refractivity contribution >= 4 is 54.7 Å². The van der Waals surface area contributed by atoms with Gasteiger partial charge in [0.1, 0.15) is 8.64 Å². The van der Waals surface area contributed by atoms with E-state index in [4.69, 9.17) is 24.4 Å². The van der Waals surface area contributed by atoms with E-state index >= 15 is 0 Å². The van der Waals surface area contributed by atoms with E-state index in [1.54, 1.807) is 21.6 Å². The van der Waals surface area contributed by atoms with Gasteiger partial charge in [0.25, 0.3) is 0 Å². The minimum atomic E-state index is 0.540. The lowest BCUT2D eigenvalue weighted by Crippen LogP contribution is -2.46. The van der Waals surface area contributed by atoms with Crippen LogP contribution in [0.25, 0.3) is 0 Å². The van der Waals surface area contributed by atoms with Crippen LogP contribution in [0.1, 0.15) is 184 Å². The molecule has 0 bridgehead atoms. The minimum Gasteiger partial charge on any atom is -0.351 e. The maximum absolute atomic E-state index is 6.27. The summed E-state index contributed by atoms with van der Waals surface area (Å²) in [6.45, 7) is 18.7. The molecule has 0 aromatic heterocycles. The van der Waals surface area contributed by atoms with E-state index in [9.17, 15) is 0 Å². The number of hydrogen-bond acceptors (Lipinski definition) is 4. The third-order valence-corrected chi connectivity index (χ3v) is 12.2. The summed E-state index contributed by atoms with van der Waals surface area (Å²) in [5.41, 5.74) is 0. The highest BCUT2D eigenvalue weighted by Gasteiger charge is 2.30. The second kappa shape index (κ2) is 27.1. The Balaban J connectivity index is 5.84. The van der Waals surface area contributed by atoms with Gasteiger partial charge in [0.15, 0.2) is 0 Å². The molecule has 6 heteroatoms. The zero-order valence-corrected chi connectivity index (χ0v) is 31.2. The molecule has 0 aliphatic rings. The summed E-state index contributed by atoms with van der Waals surface area (Å²) >= 11 is 12.5. The summed E-state index contributed by atoms with van der Waals surface area (Å²) in [5, 5.41) is 0. The van der Waals surface area contributed by atoms with E-state index in [1.807, 2.05) is 0 Å². The number of rotatable bonds is 24. The van der Waals surface area contributed by atoms with E-state index in [2.05, 4.69) is 65.2 Å². The Morgan fingerprint density at radius 1 is 0.425 bits per heavy atom. The predicted molar refractivity (Wildman–Crippen MR) is 197 cm³/mol. The zero-order chi connectivity index (χ0) is 30.2. The highest BCUT2D eigenvalue weighted by atomic mass is 33.1. The van der Waals surface area contributed by atoms with Gasteiger partial charge in [-0.1, -0.05) is 157 Å². The monoisotopic (exact) mass is 632 g/mol. The summed E-state index contributed by atoms with van der Waals surface area (Å²) in [7, 11) is 3.58. The molecule has 0 heterocycles. The molecule has 0 spiro atoms. The fourth-order valence-corrected chi connectivity index (χ4v) is 9.09. The van der Waals surface area contributed by atoms with Crippen molar-refractivity contribution in [2.45, 2.75) is 208 Å². The Hall–Kier alpha value is 0.480. The lowest BCUT2D eigenvalue weighted by atomic mass is 9.99. The normalized spacial score (nSPS) is 14.5. The third kappa shape index (κ3) is 16.4. The first-order valence-corrected chi connectivity index (χ1v) is 20.4. The maximum atomic E-state index is 6.27. The van der Waals surface area contributed by atoms with E-state index in [0.29, 0.717) is 24.2 Å². The number of thiocarbonyl (C=S) groups is 2. The van der Waals surface area contributed by atoms with Crippen LogP contribution in [-0.2, 0) is 0 Å². The molecule has 0 amide bonds. The van der Waals surface area contributed by atoms with Gasteiger partial charge in [-0.2, -0.15) is 0 Å². The molecular formula is C34H68N2S4. The van der Waals surface area contributed by atoms with E-state index < -0.39 is 0 Å². The Labute approximate surface area is 271 Å². The van der Waals surface area contributed by atoms with Crippen molar-refractivity contribution in [1.29, 1.82) is 0 Å². The smallest absolute Gasteiger partial charge is 0.147 e. The molecular weight excluding hydrogens is 565 g/mol. The number of nitrogens with zero attached hydrogens (tertiary/aromatic N) is 2. The molecule has 2 nitrogen and oxygen atoms in total. The van der Waals surface area contributed by atoms with E-state index in [0.717, 1.165) is 8.64 Å². The molecule has 0 saturated carbocycles. The Morgan fingerprint density at radius 3 is 0.825 bits per heavy atom. The lowest BCUT2D eigenvalue weighted by Gasteiger charge is -2.41. The highest BCUT2D eigenvalue weighted by Crippen LogP contribution is 2.36. The molecule has 0 rings (SSSR count). The van der Waals surface area contributed by atoms with Gasteiger partial charge < -0.3 is 9.80 Å². The number of unbranched alkanes of at least 4 members (excludes halogenated alkanes) is 8. The van der Waals surface area contributed by atoms with Crippen LogP contribution in [0.2, 0.25) is 0 Å². The van der Waals surface area contributed by atoms with Crippen molar-refractivity contribution < 1.29 is 0 Å². The van der Waals surface area contributed by atoms with Gasteiger partial charge in [-0.05, 0) is 73.0 Å². The molecule has 0 aliphatic heterocycles. The first-order chi connectivity index (χ1) is 19.4. The average Bonchev–Trinajstić information content (AvgIpc) is 2.96. The minimum absolute atomic E-state index is 0.540. The van der Waals surface area contributed by atoms with Crippen LogP contribution < -0.4 is 0 Å². The summed E-state index contributed by atoms with van der Waals surface area (Å²) < 4.78 is 2.13. The summed E-state index contributed by atoms with van der Waals surface area (Å²) in [5.74, 6) is 0. The first kappa shape index (κ1) is 40.5. The Bertz CT molecular complexity index is 527. The fraction of sp³-hybridized carbons (Fsp3) is 0.941. The topological polar surface area (TPSA) is 6.48 Å². The van der Waals surface area contributed by atoms with Crippen molar-refractivity contribution in [2.24, 2.45) is 0 Å². The van der Waals surface area contributed by atoms with Gasteiger partial charge in [0, 0.05) is 24.2 Å². The van der Waals surface area contributed by atoms with Gasteiger partial charge in [-0.3, -0.25) is 0 Å². The second-order valence-electron chi connectivity index (χ2n) is 11.7. The summed E-state index contributed by atoms with van der Waals surface area (Å²) in [6.07, 6.45) is 25.2. The summed E-state index contributed by atoms with van der Waals surface area (Å²) in [6, 6.07) is 2.16.